The zero-order valence-electron chi connectivity index (χ0n) is 12.2. The summed E-state index contributed by atoms with van der Waals surface area (Å²) in [5.74, 6) is 1.36. The van der Waals surface area contributed by atoms with Crippen LogP contribution in [0.15, 0.2) is 42.6 Å². The molecule has 1 aromatic heterocycles. The SMILES string of the molecule is CCOc1ccc(CNC(=O)Nc2ccc(C)cn2)cc1. The van der Waals surface area contributed by atoms with E-state index in [4.69, 9.17) is 4.74 Å². The van der Waals surface area contributed by atoms with Crippen molar-refractivity contribution in [2.24, 2.45) is 0 Å². The van der Waals surface area contributed by atoms with Crippen molar-refractivity contribution in [3.63, 3.8) is 0 Å². The van der Waals surface area contributed by atoms with Crippen LogP contribution in [0.3, 0.4) is 0 Å². The summed E-state index contributed by atoms with van der Waals surface area (Å²) in [5.41, 5.74) is 2.06. The highest BCUT2D eigenvalue weighted by Crippen LogP contribution is 2.12. The maximum Gasteiger partial charge on any atom is 0.320 e. The van der Waals surface area contributed by atoms with Crippen molar-refractivity contribution < 1.29 is 9.53 Å². The molecule has 21 heavy (non-hydrogen) atoms. The molecular weight excluding hydrogens is 266 g/mol. The lowest BCUT2D eigenvalue weighted by Crippen LogP contribution is -2.28. The summed E-state index contributed by atoms with van der Waals surface area (Å²) in [7, 11) is 0. The topological polar surface area (TPSA) is 63.2 Å². The maximum absolute atomic E-state index is 11.8. The van der Waals surface area contributed by atoms with Gasteiger partial charge in [-0.3, -0.25) is 5.32 Å². The van der Waals surface area contributed by atoms with Gasteiger partial charge in [-0.1, -0.05) is 18.2 Å². The van der Waals surface area contributed by atoms with E-state index in [-0.39, 0.29) is 6.03 Å². The highest BCUT2D eigenvalue weighted by molar-refractivity contribution is 5.88. The summed E-state index contributed by atoms with van der Waals surface area (Å²) in [6.07, 6.45) is 1.71. The molecule has 2 aromatic rings. The fourth-order valence-corrected chi connectivity index (χ4v) is 1.75. The van der Waals surface area contributed by atoms with Crippen LogP contribution in [0.1, 0.15) is 18.1 Å². The van der Waals surface area contributed by atoms with Crippen LogP contribution in [-0.4, -0.2) is 17.6 Å². The monoisotopic (exact) mass is 285 g/mol. The second-order valence-corrected chi connectivity index (χ2v) is 4.61. The standard InChI is InChI=1S/C16H19N3O2/c1-3-21-14-7-5-13(6-8-14)11-18-16(20)19-15-9-4-12(2)10-17-15/h4-10H,3,11H2,1-2H3,(H2,17,18,19,20). The number of carbonyl (C=O) groups is 1. The van der Waals surface area contributed by atoms with Crippen LogP contribution in [0, 0.1) is 6.92 Å². The number of aromatic nitrogens is 1. The summed E-state index contributed by atoms with van der Waals surface area (Å²) in [4.78, 5) is 15.9. The van der Waals surface area contributed by atoms with E-state index in [0.717, 1.165) is 16.9 Å². The van der Waals surface area contributed by atoms with Gasteiger partial charge in [0, 0.05) is 12.7 Å². The molecule has 0 unspecified atom stereocenters. The molecule has 0 spiro atoms. The minimum Gasteiger partial charge on any atom is -0.494 e. The molecule has 2 amide bonds. The summed E-state index contributed by atoms with van der Waals surface area (Å²) in [6, 6.07) is 11.0. The number of rotatable bonds is 5. The van der Waals surface area contributed by atoms with Crippen LogP contribution in [0.25, 0.3) is 0 Å². The highest BCUT2D eigenvalue weighted by Gasteiger charge is 2.02. The van der Waals surface area contributed by atoms with Gasteiger partial charge >= 0.3 is 6.03 Å². The quantitative estimate of drug-likeness (QED) is 0.887. The number of ether oxygens (including phenoxy) is 1. The molecule has 0 aliphatic carbocycles. The van der Waals surface area contributed by atoms with Crippen LogP contribution < -0.4 is 15.4 Å². The number of urea groups is 1. The molecule has 5 nitrogen and oxygen atoms in total. The Labute approximate surface area is 124 Å². The van der Waals surface area contributed by atoms with Crippen LogP contribution >= 0.6 is 0 Å². The number of aryl methyl sites for hydroxylation is 1. The number of carbonyl (C=O) groups excluding carboxylic acids is 1. The van der Waals surface area contributed by atoms with Crippen molar-refractivity contribution in [3.05, 3.63) is 53.7 Å². The smallest absolute Gasteiger partial charge is 0.320 e. The number of benzene rings is 1. The molecule has 0 atom stereocenters. The summed E-state index contributed by atoms with van der Waals surface area (Å²) < 4.78 is 5.37. The van der Waals surface area contributed by atoms with Gasteiger partial charge in [0.1, 0.15) is 11.6 Å². The molecule has 0 saturated heterocycles. The molecule has 0 fully saturated rings. The molecule has 0 saturated carbocycles. The Morgan fingerprint density at radius 3 is 2.57 bits per heavy atom. The number of hydrogen-bond acceptors (Lipinski definition) is 3. The van der Waals surface area contributed by atoms with Gasteiger partial charge in [-0.25, -0.2) is 9.78 Å². The van der Waals surface area contributed by atoms with E-state index in [1.807, 2.05) is 44.2 Å². The fraction of sp³-hybridized carbons (Fsp3) is 0.250. The lowest BCUT2D eigenvalue weighted by Gasteiger charge is -2.08. The van der Waals surface area contributed by atoms with Gasteiger partial charge in [-0.2, -0.15) is 0 Å². The third-order valence-corrected chi connectivity index (χ3v) is 2.84. The van der Waals surface area contributed by atoms with Crippen LogP contribution in [-0.2, 0) is 6.54 Å². The van der Waals surface area contributed by atoms with Gasteiger partial charge in [0.25, 0.3) is 0 Å². The van der Waals surface area contributed by atoms with Gasteiger partial charge in [-0.15, -0.1) is 0 Å². The van der Waals surface area contributed by atoms with Crippen molar-refractivity contribution >= 4 is 11.8 Å². The molecule has 1 heterocycles. The Kier molecular flexibility index (Phi) is 5.15. The van der Waals surface area contributed by atoms with Gasteiger partial charge in [0.2, 0.25) is 0 Å². The van der Waals surface area contributed by atoms with Gasteiger partial charge < -0.3 is 10.1 Å². The number of pyridine rings is 1. The highest BCUT2D eigenvalue weighted by atomic mass is 16.5. The fourth-order valence-electron chi connectivity index (χ4n) is 1.75. The third-order valence-electron chi connectivity index (χ3n) is 2.84. The molecule has 0 bridgehead atoms. The molecule has 0 aliphatic heterocycles. The molecule has 0 radical (unpaired) electrons. The molecule has 2 rings (SSSR count). The first-order chi connectivity index (χ1) is 10.2. The first kappa shape index (κ1) is 14.8. The van der Waals surface area contributed by atoms with E-state index in [1.54, 1.807) is 12.3 Å². The maximum atomic E-state index is 11.8. The van der Waals surface area contributed by atoms with Crippen LogP contribution in [0.4, 0.5) is 10.6 Å². The average molecular weight is 285 g/mol. The van der Waals surface area contributed by atoms with E-state index in [2.05, 4.69) is 15.6 Å². The average Bonchev–Trinajstić information content (AvgIpc) is 2.49. The summed E-state index contributed by atoms with van der Waals surface area (Å²) in [5, 5.41) is 5.47. The Hall–Kier alpha value is -2.56. The molecule has 2 N–H and O–H groups in total. The molecule has 5 heteroatoms. The van der Waals surface area contributed by atoms with E-state index in [1.165, 1.54) is 0 Å². The zero-order chi connectivity index (χ0) is 15.1. The Bertz CT molecular complexity index is 579. The van der Waals surface area contributed by atoms with Gasteiger partial charge in [0.15, 0.2) is 0 Å². The molecular formula is C16H19N3O2. The molecule has 1 aromatic carbocycles. The normalized spacial score (nSPS) is 10.0. The second-order valence-electron chi connectivity index (χ2n) is 4.61. The first-order valence-electron chi connectivity index (χ1n) is 6.86. The lowest BCUT2D eigenvalue weighted by molar-refractivity contribution is 0.251. The second kappa shape index (κ2) is 7.28. The minimum absolute atomic E-state index is 0.278. The Balaban J connectivity index is 1.81. The Morgan fingerprint density at radius 2 is 1.95 bits per heavy atom. The van der Waals surface area contributed by atoms with Crippen molar-refractivity contribution in [2.45, 2.75) is 20.4 Å². The van der Waals surface area contributed by atoms with Crippen molar-refractivity contribution in [1.29, 1.82) is 0 Å². The van der Waals surface area contributed by atoms with Gasteiger partial charge in [-0.05, 0) is 43.2 Å². The zero-order valence-corrected chi connectivity index (χ0v) is 12.2. The largest absolute Gasteiger partial charge is 0.494 e. The van der Waals surface area contributed by atoms with E-state index in [9.17, 15) is 4.79 Å². The summed E-state index contributed by atoms with van der Waals surface area (Å²) in [6.45, 7) is 4.98. The van der Waals surface area contributed by atoms with E-state index < -0.39 is 0 Å². The predicted molar refractivity (Wildman–Crippen MR) is 82.4 cm³/mol. The number of anilines is 1. The summed E-state index contributed by atoms with van der Waals surface area (Å²) >= 11 is 0. The minimum atomic E-state index is -0.278. The first-order valence-corrected chi connectivity index (χ1v) is 6.86. The third kappa shape index (κ3) is 4.80. The van der Waals surface area contributed by atoms with Gasteiger partial charge in [0.05, 0.1) is 6.61 Å². The number of amides is 2. The van der Waals surface area contributed by atoms with Crippen molar-refractivity contribution in [1.82, 2.24) is 10.3 Å². The predicted octanol–water partition coefficient (Wildman–Crippen LogP) is 3.11. The van der Waals surface area contributed by atoms with E-state index >= 15 is 0 Å². The van der Waals surface area contributed by atoms with Crippen LogP contribution in [0.5, 0.6) is 5.75 Å². The van der Waals surface area contributed by atoms with E-state index in [0.29, 0.717) is 19.0 Å². The van der Waals surface area contributed by atoms with Crippen LogP contribution in [0.2, 0.25) is 0 Å². The lowest BCUT2D eigenvalue weighted by atomic mass is 10.2. The Morgan fingerprint density at radius 1 is 1.19 bits per heavy atom. The van der Waals surface area contributed by atoms with Crippen molar-refractivity contribution in [2.75, 3.05) is 11.9 Å². The molecule has 110 valence electrons. The number of nitrogens with zero attached hydrogens (tertiary/aromatic N) is 1. The van der Waals surface area contributed by atoms with Crippen molar-refractivity contribution in [3.8, 4) is 5.75 Å². The number of nitrogens with one attached hydrogen (secondary N) is 2. The number of hydrogen-bond donors (Lipinski definition) is 2. The molecule has 0 aliphatic rings.